The van der Waals surface area contributed by atoms with Crippen LogP contribution < -0.4 is 0 Å². The quantitative estimate of drug-likeness (QED) is 0.754. The van der Waals surface area contributed by atoms with Crippen LogP contribution in [0.25, 0.3) is 0 Å². The Labute approximate surface area is 143 Å². The molecule has 0 amide bonds. The second-order valence-corrected chi connectivity index (χ2v) is 8.02. The Morgan fingerprint density at radius 1 is 1.00 bits per heavy atom. The van der Waals surface area contributed by atoms with Crippen LogP contribution in [-0.4, -0.2) is 38.0 Å². The summed E-state index contributed by atoms with van der Waals surface area (Å²) in [6.07, 6.45) is 3.97. The van der Waals surface area contributed by atoms with Gasteiger partial charge in [0.2, 0.25) is 0 Å². The van der Waals surface area contributed by atoms with Crippen molar-refractivity contribution in [2.45, 2.75) is 56.6 Å². The highest BCUT2D eigenvalue weighted by Gasteiger charge is 2.18. The fraction of sp³-hybridized carbons (Fsp3) is 0.556. The lowest BCUT2D eigenvalue weighted by atomic mass is 10.1. The Kier molecular flexibility index (Phi) is 5.73. The first kappa shape index (κ1) is 16.5. The molecule has 1 aliphatic heterocycles. The molecule has 0 N–H and O–H groups in total. The van der Waals surface area contributed by atoms with Crippen molar-refractivity contribution in [1.29, 1.82) is 0 Å². The highest BCUT2D eigenvalue weighted by Crippen LogP contribution is 2.24. The van der Waals surface area contributed by atoms with E-state index in [0.29, 0.717) is 5.25 Å². The molecule has 1 aromatic heterocycles. The predicted octanol–water partition coefficient (Wildman–Crippen LogP) is 3.81. The van der Waals surface area contributed by atoms with Crippen LogP contribution in [0, 0.1) is 0 Å². The Bertz CT molecular complexity index is 603. The zero-order valence-electron chi connectivity index (χ0n) is 14.1. The van der Waals surface area contributed by atoms with E-state index in [-0.39, 0.29) is 0 Å². The van der Waals surface area contributed by atoms with Crippen molar-refractivity contribution in [3.05, 3.63) is 41.7 Å². The summed E-state index contributed by atoms with van der Waals surface area (Å²) in [6, 6.07) is 10.6. The van der Waals surface area contributed by atoms with E-state index in [9.17, 15) is 0 Å². The maximum Gasteiger partial charge on any atom is 0.191 e. The number of nitrogens with zero attached hydrogens (tertiary/aromatic N) is 4. The van der Waals surface area contributed by atoms with E-state index in [1.165, 1.54) is 37.9 Å². The molecule has 2 heterocycles. The van der Waals surface area contributed by atoms with Crippen molar-refractivity contribution in [2.75, 3.05) is 13.1 Å². The second-order valence-electron chi connectivity index (χ2n) is 6.47. The van der Waals surface area contributed by atoms with Gasteiger partial charge in [0.1, 0.15) is 5.82 Å². The Morgan fingerprint density at radius 2 is 1.74 bits per heavy atom. The Hall–Kier alpha value is -1.33. The standard InChI is InChI=1S/C18H26N4S/c1-15(2)23-18-20-19-17(14-21-11-7-4-8-12-21)22(18)13-16-9-5-3-6-10-16/h3,5-6,9-10,15H,4,7-8,11-14H2,1-2H3. The van der Waals surface area contributed by atoms with Crippen LogP contribution in [0.1, 0.15) is 44.5 Å². The monoisotopic (exact) mass is 330 g/mol. The number of hydrogen-bond acceptors (Lipinski definition) is 4. The number of hydrogen-bond donors (Lipinski definition) is 0. The highest BCUT2D eigenvalue weighted by atomic mass is 32.2. The molecule has 5 heteroatoms. The topological polar surface area (TPSA) is 34.0 Å². The van der Waals surface area contributed by atoms with Gasteiger partial charge in [0.05, 0.1) is 13.1 Å². The third kappa shape index (κ3) is 4.58. The molecule has 1 fully saturated rings. The largest absolute Gasteiger partial charge is 0.300 e. The molecule has 0 spiro atoms. The molecular formula is C18H26N4S. The van der Waals surface area contributed by atoms with Crippen LogP contribution in [0.5, 0.6) is 0 Å². The van der Waals surface area contributed by atoms with Crippen molar-refractivity contribution >= 4 is 11.8 Å². The van der Waals surface area contributed by atoms with E-state index in [0.717, 1.165) is 24.1 Å². The van der Waals surface area contributed by atoms with Gasteiger partial charge in [-0.25, -0.2) is 0 Å². The summed E-state index contributed by atoms with van der Waals surface area (Å²) in [5.41, 5.74) is 1.30. The van der Waals surface area contributed by atoms with Gasteiger partial charge in [-0.1, -0.05) is 62.4 Å². The van der Waals surface area contributed by atoms with Gasteiger partial charge in [0.25, 0.3) is 0 Å². The van der Waals surface area contributed by atoms with Crippen molar-refractivity contribution in [2.24, 2.45) is 0 Å². The number of aromatic nitrogens is 3. The minimum atomic E-state index is 0.511. The lowest BCUT2D eigenvalue weighted by Crippen LogP contribution is -2.30. The lowest BCUT2D eigenvalue weighted by molar-refractivity contribution is 0.213. The van der Waals surface area contributed by atoms with Crippen LogP contribution in [0.4, 0.5) is 0 Å². The van der Waals surface area contributed by atoms with Crippen LogP contribution >= 0.6 is 11.8 Å². The van der Waals surface area contributed by atoms with E-state index in [2.05, 4.69) is 63.8 Å². The normalized spacial score (nSPS) is 16.1. The van der Waals surface area contributed by atoms with E-state index < -0.39 is 0 Å². The molecule has 124 valence electrons. The van der Waals surface area contributed by atoms with Gasteiger partial charge >= 0.3 is 0 Å². The highest BCUT2D eigenvalue weighted by molar-refractivity contribution is 7.99. The molecule has 0 atom stereocenters. The molecule has 0 aliphatic carbocycles. The number of piperidine rings is 1. The summed E-state index contributed by atoms with van der Waals surface area (Å²) < 4.78 is 2.30. The first-order valence-corrected chi connectivity index (χ1v) is 9.45. The van der Waals surface area contributed by atoms with Gasteiger partial charge in [-0.3, -0.25) is 4.90 Å². The molecule has 0 radical (unpaired) electrons. The SMILES string of the molecule is CC(C)Sc1nnc(CN2CCCCC2)n1Cc1ccccc1. The van der Waals surface area contributed by atoms with Gasteiger partial charge in [-0.05, 0) is 31.5 Å². The molecule has 0 unspecified atom stereocenters. The predicted molar refractivity (Wildman–Crippen MR) is 95.7 cm³/mol. The number of likely N-dealkylation sites (tertiary alicyclic amines) is 1. The first-order valence-electron chi connectivity index (χ1n) is 8.57. The minimum absolute atomic E-state index is 0.511. The molecule has 23 heavy (non-hydrogen) atoms. The smallest absolute Gasteiger partial charge is 0.191 e. The van der Waals surface area contributed by atoms with Crippen molar-refractivity contribution in [3.63, 3.8) is 0 Å². The maximum atomic E-state index is 4.51. The summed E-state index contributed by atoms with van der Waals surface area (Å²) in [5.74, 6) is 1.10. The van der Waals surface area contributed by atoms with Gasteiger partial charge < -0.3 is 4.57 Å². The molecule has 3 rings (SSSR count). The summed E-state index contributed by atoms with van der Waals surface area (Å²) in [5, 5.41) is 10.5. The van der Waals surface area contributed by atoms with Crippen molar-refractivity contribution in [3.8, 4) is 0 Å². The zero-order valence-corrected chi connectivity index (χ0v) is 14.9. The minimum Gasteiger partial charge on any atom is -0.300 e. The number of thioether (sulfide) groups is 1. The molecule has 4 nitrogen and oxygen atoms in total. The van der Waals surface area contributed by atoms with Crippen molar-refractivity contribution in [1.82, 2.24) is 19.7 Å². The summed E-state index contributed by atoms with van der Waals surface area (Å²) >= 11 is 1.80. The third-order valence-corrected chi connectivity index (χ3v) is 5.12. The summed E-state index contributed by atoms with van der Waals surface area (Å²) in [4.78, 5) is 2.51. The number of rotatable bonds is 6. The van der Waals surface area contributed by atoms with Gasteiger partial charge in [0.15, 0.2) is 5.16 Å². The van der Waals surface area contributed by atoms with E-state index >= 15 is 0 Å². The number of benzene rings is 1. The fourth-order valence-corrected chi connectivity index (χ4v) is 3.78. The molecular weight excluding hydrogens is 304 g/mol. The van der Waals surface area contributed by atoms with Gasteiger partial charge in [-0.2, -0.15) is 0 Å². The van der Waals surface area contributed by atoms with Gasteiger partial charge in [-0.15, -0.1) is 10.2 Å². The molecule has 1 aromatic carbocycles. The van der Waals surface area contributed by atoms with Crippen LogP contribution in [0.15, 0.2) is 35.5 Å². The Morgan fingerprint density at radius 3 is 2.43 bits per heavy atom. The lowest BCUT2D eigenvalue weighted by Gasteiger charge is -2.26. The van der Waals surface area contributed by atoms with Crippen LogP contribution in [0.3, 0.4) is 0 Å². The molecule has 1 aliphatic rings. The van der Waals surface area contributed by atoms with Crippen molar-refractivity contribution < 1.29 is 0 Å². The van der Waals surface area contributed by atoms with Crippen LogP contribution in [-0.2, 0) is 13.1 Å². The fourth-order valence-electron chi connectivity index (χ4n) is 2.98. The zero-order chi connectivity index (χ0) is 16.1. The molecule has 1 saturated heterocycles. The average Bonchev–Trinajstić information content (AvgIpc) is 2.91. The van der Waals surface area contributed by atoms with Gasteiger partial charge in [0, 0.05) is 5.25 Å². The van der Waals surface area contributed by atoms with Crippen LogP contribution in [0.2, 0.25) is 0 Å². The summed E-state index contributed by atoms with van der Waals surface area (Å²) in [7, 11) is 0. The maximum absolute atomic E-state index is 4.51. The molecule has 0 saturated carbocycles. The molecule has 2 aromatic rings. The average molecular weight is 331 g/mol. The molecule has 0 bridgehead atoms. The summed E-state index contributed by atoms with van der Waals surface area (Å²) in [6.45, 7) is 8.55. The second kappa shape index (κ2) is 7.97. The van der Waals surface area contributed by atoms with E-state index in [1.807, 2.05) is 0 Å². The first-order chi connectivity index (χ1) is 11.2. The Balaban J connectivity index is 1.81. The van der Waals surface area contributed by atoms with E-state index in [1.54, 1.807) is 11.8 Å². The third-order valence-electron chi connectivity index (χ3n) is 4.13. The van der Waals surface area contributed by atoms with E-state index in [4.69, 9.17) is 0 Å².